The average Bonchev–Trinajstić information content (AvgIpc) is 2.96. The first-order valence-corrected chi connectivity index (χ1v) is 15.0. The van der Waals surface area contributed by atoms with Gasteiger partial charge in [-0.1, -0.05) is 80.6 Å². The summed E-state index contributed by atoms with van der Waals surface area (Å²) in [6.45, 7) is 7.62. The first kappa shape index (κ1) is 32.6. The maximum Gasteiger partial charge on any atom is 0.408 e. The highest BCUT2D eigenvalue weighted by Gasteiger charge is 2.36. The summed E-state index contributed by atoms with van der Waals surface area (Å²) in [5, 5.41) is 7.68. The summed E-state index contributed by atoms with van der Waals surface area (Å²) in [6.07, 6.45) is 8.67. The van der Waals surface area contributed by atoms with Crippen molar-refractivity contribution in [1.82, 2.24) is 10.2 Å². The predicted octanol–water partition coefficient (Wildman–Crippen LogP) is 6.73. The maximum absolute atomic E-state index is 14.2. The Labute approximate surface area is 254 Å². The normalized spacial score (nSPS) is 12.6. The number of thiol groups is 1. The minimum Gasteiger partial charge on any atom is -0.444 e. The number of nitrogens with one attached hydrogen (secondary N) is 2. The molecule has 7 nitrogen and oxygen atoms in total. The van der Waals surface area contributed by atoms with Crippen molar-refractivity contribution in [2.24, 2.45) is 0 Å². The minimum atomic E-state index is -1.05. The Balaban J connectivity index is 2.03. The zero-order valence-corrected chi connectivity index (χ0v) is 25.7. The standard InChI is InChI=1S/C34H41N3O4S/c1-6-8-9-14-21-37(32(39)29(23-42)36-33(40)41-34(3,4)5)30(28-18-13-12-15-24(28)7-2)31(38)35-27-20-19-25-16-10-11-17-26(25)22-27/h2,10-13,15-20,22,29-30,42H,6,8-9,14,21,23H2,1,3-5H3,(H,35,38)(H,36,40). The molecule has 3 aromatic carbocycles. The summed E-state index contributed by atoms with van der Waals surface area (Å²) in [5.74, 6) is 1.82. The number of rotatable bonds is 12. The second-order valence-electron chi connectivity index (χ2n) is 11.2. The molecule has 0 fully saturated rings. The van der Waals surface area contributed by atoms with Crippen LogP contribution in [0.4, 0.5) is 10.5 Å². The third kappa shape index (κ3) is 9.02. The second-order valence-corrected chi connectivity index (χ2v) is 11.5. The smallest absolute Gasteiger partial charge is 0.408 e. The molecular weight excluding hydrogens is 546 g/mol. The number of carbonyl (C=O) groups is 3. The fourth-order valence-electron chi connectivity index (χ4n) is 4.71. The van der Waals surface area contributed by atoms with E-state index in [1.807, 2.05) is 42.5 Å². The Morgan fingerprint density at radius 2 is 1.67 bits per heavy atom. The zero-order chi connectivity index (χ0) is 30.7. The van der Waals surface area contributed by atoms with E-state index >= 15 is 0 Å². The van der Waals surface area contributed by atoms with E-state index in [1.54, 1.807) is 45.0 Å². The molecule has 2 atom stereocenters. The average molecular weight is 588 g/mol. The van der Waals surface area contributed by atoms with Crippen molar-refractivity contribution in [3.8, 4) is 12.3 Å². The van der Waals surface area contributed by atoms with E-state index in [9.17, 15) is 14.4 Å². The molecule has 0 aliphatic heterocycles. The molecule has 0 saturated heterocycles. The molecule has 0 spiro atoms. The van der Waals surface area contributed by atoms with E-state index in [2.05, 4.69) is 36.1 Å². The van der Waals surface area contributed by atoms with E-state index in [0.717, 1.165) is 30.0 Å². The molecule has 3 amide bonds. The molecule has 222 valence electrons. The number of anilines is 1. The lowest BCUT2D eigenvalue weighted by molar-refractivity contribution is -0.140. The molecule has 3 rings (SSSR count). The molecule has 42 heavy (non-hydrogen) atoms. The number of ether oxygens (including phenoxy) is 1. The number of nitrogens with zero attached hydrogens (tertiary/aromatic N) is 1. The summed E-state index contributed by atoms with van der Waals surface area (Å²) in [7, 11) is 0. The zero-order valence-electron chi connectivity index (χ0n) is 24.9. The van der Waals surface area contributed by atoms with Gasteiger partial charge in [-0.3, -0.25) is 9.59 Å². The Morgan fingerprint density at radius 1 is 0.976 bits per heavy atom. The van der Waals surface area contributed by atoms with Crippen LogP contribution in [0.2, 0.25) is 0 Å². The van der Waals surface area contributed by atoms with Gasteiger partial charge in [-0.2, -0.15) is 12.6 Å². The van der Waals surface area contributed by atoms with Gasteiger partial charge in [0.2, 0.25) is 5.91 Å². The lowest BCUT2D eigenvalue weighted by atomic mass is 9.97. The number of alkyl carbamates (subject to hydrolysis) is 1. The predicted molar refractivity (Wildman–Crippen MR) is 173 cm³/mol. The molecule has 0 saturated carbocycles. The summed E-state index contributed by atoms with van der Waals surface area (Å²) in [4.78, 5) is 42.5. The van der Waals surface area contributed by atoms with Crippen molar-refractivity contribution >= 4 is 47.0 Å². The van der Waals surface area contributed by atoms with Crippen LogP contribution in [0.5, 0.6) is 0 Å². The Hall–Kier alpha value is -3.96. The first-order chi connectivity index (χ1) is 20.1. The monoisotopic (exact) mass is 587 g/mol. The number of hydrogen-bond acceptors (Lipinski definition) is 5. The van der Waals surface area contributed by atoms with Gasteiger partial charge >= 0.3 is 6.09 Å². The van der Waals surface area contributed by atoms with Crippen LogP contribution in [0.25, 0.3) is 10.8 Å². The van der Waals surface area contributed by atoms with Crippen LogP contribution in [0, 0.1) is 12.3 Å². The second kappa shape index (κ2) is 15.3. The van der Waals surface area contributed by atoms with Crippen molar-refractivity contribution in [3.63, 3.8) is 0 Å². The van der Waals surface area contributed by atoms with Crippen LogP contribution in [0.1, 0.15) is 70.5 Å². The number of carbonyl (C=O) groups excluding carboxylic acids is 3. The molecule has 3 aromatic rings. The van der Waals surface area contributed by atoms with Crippen molar-refractivity contribution in [2.45, 2.75) is 71.1 Å². The largest absolute Gasteiger partial charge is 0.444 e. The highest BCUT2D eigenvalue weighted by atomic mass is 32.1. The maximum atomic E-state index is 14.2. The summed E-state index contributed by atoms with van der Waals surface area (Å²) in [5.41, 5.74) is 0.877. The minimum absolute atomic E-state index is 0.0132. The summed E-state index contributed by atoms with van der Waals surface area (Å²) < 4.78 is 5.40. The Kier molecular flexibility index (Phi) is 11.9. The number of benzene rings is 3. The highest BCUT2D eigenvalue weighted by Crippen LogP contribution is 2.29. The lowest BCUT2D eigenvalue weighted by Crippen LogP contribution is -2.53. The number of fused-ring (bicyclic) bond motifs is 1. The van der Waals surface area contributed by atoms with E-state index in [4.69, 9.17) is 11.2 Å². The summed E-state index contributed by atoms with van der Waals surface area (Å²) in [6, 6.07) is 18.6. The van der Waals surface area contributed by atoms with Crippen molar-refractivity contribution in [1.29, 1.82) is 0 Å². The van der Waals surface area contributed by atoms with Gasteiger partial charge in [-0.05, 0) is 61.7 Å². The topological polar surface area (TPSA) is 87.7 Å². The Bertz CT molecular complexity index is 1430. The third-order valence-corrected chi connectivity index (χ3v) is 7.06. The molecule has 0 aromatic heterocycles. The molecular formula is C34H41N3O4S. The van der Waals surface area contributed by atoms with E-state index < -0.39 is 35.6 Å². The molecule has 8 heteroatoms. The van der Waals surface area contributed by atoms with Gasteiger partial charge in [-0.15, -0.1) is 6.42 Å². The molecule has 0 aliphatic carbocycles. The highest BCUT2D eigenvalue weighted by molar-refractivity contribution is 7.80. The van der Waals surface area contributed by atoms with Crippen LogP contribution < -0.4 is 10.6 Å². The fraction of sp³-hybridized carbons (Fsp3) is 0.382. The van der Waals surface area contributed by atoms with Gasteiger partial charge in [-0.25, -0.2) is 4.79 Å². The van der Waals surface area contributed by atoms with Gasteiger partial charge in [0.1, 0.15) is 17.7 Å². The van der Waals surface area contributed by atoms with Gasteiger partial charge in [0, 0.05) is 23.5 Å². The molecule has 0 radical (unpaired) electrons. The molecule has 0 heterocycles. The third-order valence-electron chi connectivity index (χ3n) is 6.70. The van der Waals surface area contributed by atoms with Gasteiger partial charge in [0.05, 0.1) is 0 Å². The van der Waals surface area contributed by atoms with Crippen molar-refractivity contribution < 1.29 is 19.1 Å². The van der Waals surface area contributed by atoms with Crippen LogP contribution in [-0.2, 0) is 14.3 Å². The Morgan fingerprint density at radius 3 is 2.33 bits per heavy atom. The van der Waals surface area contributed by atoms with Crippen LogP contribution in [-0.4, -0.2) is 46.7 Å². The quantitative estimate of drug-likeness (QED) is 0.125. The number of hydrogen-bond donors (Lipinski definition) is 3. The molecule has 0 aliphatic rings. The van der Waals surface area contributed by atoms with Crippen molar-refractivity contribution in [3.05, 3.63) is 77.9 Å². The van der Waals surface area contributed by atoms with E-state index in [1.165, 1.54) is 4.90 Å². The molecule has 0 bridgehead atoms. The van der Waals surface area contributed by atoms with Gasteiger partial charge < -0.3 is 20.3 Å². The number of terminal acetylenes is 1. The van der Waals surface area contributed by atoms with Crippen LogP contribution >= 0.6 is 12.6 Å². The van der Waals surface area contributed by atoms with E-state index in [0.29, 0.717) is 23.2 Å². The van der Waals surface area contributed by atoms with E-state index in [-0.39, 0.29) is 12.3 Å². The first-order valence-electron chi connectivity index (χ1n) is 14.3. The molecule has 2 N–H and O–H groups in total. The lowest BCUT2D eigenvalue weighted by Gasteiger charge is -2.34. The molecule has 2 unspecified atom stereocenters. The van der Waals surface area contributed by atoms with Gasteiger partial charge in [0.15, 0.2) is 0 Å². The van der Waals surface area contributed by atoms with Crippen molar-refractivity contribution in [2.75, 3.05) is 17.6 Å². The number of unbranched alkanes of at least 4 members (excludes halogenated alkanes) is 3. The summed E-state index contributed by atoms with van der Waals surface area (Å²) >= 11 is 4.37. The van der Waals surface area contributed by atoms with Gasteiger partial charge in [0.25, 0.3) is 5.91 Å². The van der Waals surface area contributed by atoms with Crippen LogP contribution in [0.3, 0.4) is 0 Å². The number of amides is 3. The SMILES string of the molecule is C#Cc1ccccc1C(C(=O)Nc1ccc2ccccc2c1)N(CCCCCC)C(=O)C(CS)NC(=O)OC(C)(C)C. The fourth-order valence-corrected chi connectivity index (χ4v) is 4.95. The van der Waals surface area contributed by atoms with Crippen LogP contribution in [0.15, 0.2) is 66.7 Å².